The van der Waals surface area contributed by atoms with Crippen LogP contribution in [0, 0.1) is 16.0 Å². The average Bonchev–Trinajstić information content (AvgIpc) is 3.52. The van der Waals surface area contributed by atoms with Crippen molar-refractivity contribution in [1.29, 1.82) is 0 Å². The molecule has 4 aromatic rings. The molecule has 2 atom stereocenters. The summed E-state index contributed by atoms with van der Waals surface area (Å²) in [6.45, 7) is 0. The number of nitrogens with zero attached hydrogens (tertiary/aromatic N) is 3. The molecule has 14 heteroatoms. The second-order valence-electron chi connectivity index (χ2n) is 8.57. The van der Waals surface area contributed by atoms with Crippen LogP contribution in [0.1, 0.15) is 22.0 Å². The Morgan fingerprint density at radius 3 is 2.25 bits per heavy atom. The van der Waals surface area contributed by atoms with Gasteiger partial charge in [0, 0.05) is 27.7 Å². The first-order chi connectivity index (χ1) is 19.0. The van der Waals surface area contributed by atoms with E-state index in [1.54, 1.807) is 24.3 Å². The smallest absolute Gasteiger partial charge is 0.293 e. The fourth-order valence-electron chi connectivity index (χ4n) is 4.32. The second-order valence-corrected chi connectivity index (χ2v) is 12.6. The zero-order valence-electron chi connectivity index (χ0n) is 19.9. The van der Waals surface area contributed by atoms with E-state index in [9.17, 15) is 32.9 Å². The van der Waals surface area contributed by atoms with Crippen molar-refractivity contribution in [1.82, 2.24) is 4.98 Å². The van der Waals surface area contributed by atoms with E-state index in [1.807, 2.05) is 0 Å². The molecule has 202 valence electrons. The Labute approximate surface area is 240 Å². The Hall–Kier alpha value is -3.97. The maximum absolute atomic E-state index is 13.6. The van der Waals surface area contributed by atoms with Crippen LogP contribution in [0.4, 0.5) is 10.8 Å². The number of hydrogen-bond donors (Lipinski definition) is 0. The summed E-state index contributed by atoms with van der Waals surface area (Å²) in [6, 6.07) is 15.3. The van der Waals surface area contributed by atoms with Crippen molar-refractivity contribution in [3.63, 3.8) is 0 Å². The van der Waals surface area contributed by atoms with Gasteiger partial charge < -0.3 is 0 Å². The molecule has 0 radical (unpaired) electrons. The molecule has 1 aromatic heterocycles. The Bertz CT molecular complexity index is 1790. The number of nitro benzene ring substituents is 1. The van der Waals surface area contributed by atoms with Gasteiger partial charge in [-0.2, -0.15) is 0 Å². The molecular weight excluding hydrogens is 601 g/mol. The van der Waals surface area contributed by atoms with Gasteiger partial charge in [0.25, 0.3) is 11.6 Å². The number of sulfone groups is 1. The number of Topliss-reactive ketones (excluding diaryl/α,β-unsaturated/α-hetero) is 2. The largest absolute Gasteiger partial charge is 0.297 e. The van der Waals surface area contributed by atoms with Crippen molar-refractivity contribution in [2.75, 3.05) is 4.90 Å². The number of thiazole rings is 1. The molecule has 0 saturated carbocycles. The minimum absolute atomic E-state index is 0.143. The number of anilines is 1. The molecule has 0 spiro atoms. The minimum Gasteiger partial charge on any atom is -0.293 e. The van der Waals surface area contributed by atoms with Crippen LogP contribution in [0.25, 0.3) is 0 Å². The summed E-state index contributed by atoms with van der Waals surface area (Å²) in [6.07, 6.45) is 1.02. The van der Waals surface area contributed by atoms with Gasteiger partial charge in [0.05, 0.1) is 22.1 Å². The van der Waals surface area contributed by atoms with Crippen LogP contribution in [0.15, 0.2) is 88.1 Å². The minimum atomic E-state index is -4.18. The number of rotatable bonds is 7. The zero-order valence-corrected chi connectivity index (χ0v) is 23.1. The van der Waals surface area contributed by atoms with Crippen LogP contribution in [0.3, 0.4) is 0 Å². The summed E-state index contributed by atoms with van der Waals surface area (Å²) < 4.78 is 26.2. The number of carbonyl (C=O) groups excluding carboxylic acids is 3. The van der Waals surface area contributed by atoms with Crippen LogP contribution in [0.2, 0.25) is 10.0 Å². The Morgan fingerprint density at radius 1 is 0.975 bits per heavy atom. The lowest BCUT2D eigenvalue weighted by Gasteiger charge is -2.25. The summed E-state index contributed by atoms with van der Waals surface area (Å²) >= 11 is 13.0. The highest BCUT2D eigenvalue weighted by Gasteiger charge is 2.53. The fraction of sp³-hybridized carbons (Fsp3) is 0.0769. The second kappa shape index (κ2) is 10.5. The van der Waals surface area contributed by atoms with Gasteiger partial charge in [0.15, 0.2) is 10.9 Å². The van der Waals surface area contributed by atoms with E-state index in [0.29, 0.717) is 21.9 Å². The van der Waals surface area contributed by atoms with Crippen LogP contribution >= 0.6 is 34.5 Å². The molecule has 5 rings (SSSR count). The molecule has 0 N–H and O–H groups in total. The zero-order chi connectivity index (χ0) is 28.8. The predicted octanol–water partition coefficient (Wildman–Crippen LogP) is 5.35. The number of non-ortho nitro benzene ring substituents is 1. The van der Waals surface area contributed by atoms with E-state index < -0.39 is 44.2 Å². The standard InChI is InChI=1S/C26H15Cl2N3O7S2/c27-15-7-5-14(6-8-15)23(32)21-22(18-3-1-2-4-19(18)28)30(25(34)24(21)33)26-29-13-20(39-26)40(37,38)17-11-9-16(10-12-17)31(35)36/h1-13,21-22H. The van der Waals surface area contributed by atoms with Gasteiger partial charge in [-0.1, -0.05) is 52.7 Å². The van der Waals surface area contributed by atoms with Gasteiger partial charge in [-0.25, -0.2) is 13.4 Å². The van der Waals surface area contributed by atoms with E-state index in [4.69, 9.17) is 23.2 Å². The van der Waals surface area contributed by atoms with Gasteiger partial charge in [-0.05, 0) is 48.0 Å². The molecular formula is C26H15Cl2N3O7S2. The third-order valence-corrected chi connectivity index (χ3v) is 10.1. The van der Waals surface area contributed by atoms with Crippen molar-refractivity contribution in [3.05, 3.63) is 110 Å². The van der Waals surface area contributed by atoms with E-state index in [0.717, 1.165) is 35.4 Å². The highest BCUT2D eigenvalue weighted by molar-refractivity contribution is 7.93. The number of ketones is 2. The summed E-state index contributed by atoms with van der Waals surface area (Å²) in [4.78, 5) is 55.4. The molecule has 10 nitrogen and oxygen atoms in total. The Kier molecular flexibility index (Phi) is 7.27. The highest BCUT2D eigenvalue weighted by Crippen LogP contribution is 2.45. The molecule has 1 amide bonds. The number of benzene rings is 3. The highest BCUT2D eigenvalue weighted by atomic mass is 35.5. The van der Waals surface area contributed by atoms with E-state index in [2.05, 4.69) is 4.98 Å². The lowest BCUT2D eigenvalue weighted by Crippen LogP contribution is -2.30. The van der Waals surface area contributed by atoms with Crippen molar-refractivity contribution in [2.45, 2.75) is 15.1 Å². The third-order valence-electron chi connectivity index (χ3n) is 6.24. The van der Waals surface area contributed by atoms with Crippen molar-refractivity contribution >= 4 is 72.7 Å². The molecule has 1 aliphatic heterocycles. The number of hydrogen-bond acceptors (Lipinski definition) is 9. The van der Waals surface area contributed by atoms with Gasteiger partial charge in [-0.3, -0.25) is 29.4 Å². The lowest BCUT2D eigenvalue weighted by atomic mass is 9.86. The normalized spacial score (nSPS) is 17.3. The number of aromatic nitrogens is 1. The number of nitro groups is 1. The van der Waals surface area contributed by atoms with Crippen molar-refractivity contribution in [2.24, 2.45) is 5.92 Å². The fourth-order valence-corrected chi connectivity index (χ4v) is 7.24. The molecule has 40 heavy (non-hydrogen) atoms. The monoisotopic (exact) mass is 615 g/mol. The molecule has 1 saturated heterocycles. The van der Waals surface area contributed by atoms with Gasteiger partial charge in [-0.15, -0.1) is 0 Å². The maximum atomic E-state index is 13.6. The summed E-state index contributed by atoms with van der Waals surface area (Å²) in [5, 5.41) is 11.4. The Balaban J connectivity index is 1.59. The Morgan fingerprint density at radius 2 is 1.62 bits per heavy atom. The summed E-state index contributed by atoms with van der Waals surface area (Å²) in [5.41, 5.74) is 0.157. The van der Waals surface area contributed by atoms with Crippen molar-refractivity contribution in [3.8, 4) is 0 Å². The molecule has 3 aromatic carbocycles. The first kappa shape index (κ1) is 27.6. The van der Waals surface area contributed by atoms with Crippen molar-refractivity contribution < 1.29 is 27.7 Å². The third kappa shape index (κ3) is 4.79. The first-order valence-corrected chi connectivity index (χ1v) is 14.4. The van der Waals surface area contributed by atoms with Gasteiger partial charge in [0.2, 0.25) is 15.6 Å². The number of carbonyl (C=O) groups is 3. The molecule has 1 fully saturated rings. The molecule has 2 heterocycles. The van der Waals surface area contributed by atoms with Gasteiger partial charge in [0.1, 0.15) is 10.1 Å². The SMILES string of the molecule is O=C1C(=O)N(c2ncc(S(=O)(=O)c3ccc([N+](=O)[O-])cc3)s2)C(c2ccccc2Cl)C1C(=O)c1ccc(Cl)cc1. The molecule has 0 bridgehead atoms. The topological polar surface area (TPSA) is 145 Å². The van der Waals surface area contributed by atoms with Crippen LogP contribution in [0.5, 0.6) is 0 Å². The summed E-state index contributed by atoms with van der Waals surface area (Å²) in [7, 11) is -4.18. The van der Waals surface area contributed by atoms with Crippen LogP contribution < -0.4 is 4.90 Å². The number of amides is 1. The van der Waals surface area contributed by atoms with E-state index in [1.165, 1.54) is 24.3 Å². The molecule has 1 aliphatic rings. The lowest BCUT2D eigenvalue weighted by molar-refractivity contribution is -0.384. The van der Waals surface area contributed by atoms with Crippen LogP contribution in [-0.2, 0) is 19.4 Å². The number of halogens is 2. The van der Waals surface area contributed by atoms with E-state index >= 15 is 0 Å². The average molecular weight is 616 g/mol. The van der Waals surface area contributed by atoms with Crippen LogP contribution in [-0.4, -0.2) is 35.8 Å². The summed E-state index contributed by atoms with van der Waals surface area (Å²) in [5.74, 6) is -4.18. The molecule has 0 aliphatic carbocycles. The quantitative estimate of drug-likeness (QED) is 0.0889. The molecule has 2 unspecified atom stereocenters. The maximum Gasteiger partial charge on any atom is 0.297 e. The predicted molar refractivity (Wildman–Crippen MR) is 147 cm³/mol. The van der Waals surface area contributed by atoms with E-state index in [-0.39, 0.29) is 30.5 Å². The van der Waals surface area contributed by atoms with Gasteiger partial charge >= 0.3 is 0 Å². The first-order valence-electron chi connectivity index (χ1n) is 11.4.